The van der Waals surface area contributed by atoms with Crippen LogP contribution < -0.4 is 11.1 Å². The van der Waals surface area contributed by atoms with Crippen LogP contribution in [-0.2, 0) is 6.54 Å². The van der Waals surface area contributed by atoms with E-state index in [4.69, 9.17) is 5.73 Å². The molecular formula is C10H12N6O. The van der Waals surface area contributed by atoms with E-state index in [1.807, 2.05) is 0 Å². The minimum absolute atomic E-state index is 0.251. The smallest absolute Gasteiger partial charge is 0.256 e. The fourth-order valence-corrected chi connectivity index (χ4v) is 1.35. The highest BCUT2D eigenvalue weighted by atomic mass is 16.1. The number of amides is 1. The van der Waals surface area contributed by atoms with Gasteiger partial charge >= 0.3 is 0 Å². The van der Waals surface area contributed by atoms with Crippen molar-refractivity contribution in [1.29, 1.82) is 0 Å². The normalized spacial score (nSPS) is 10.2. The number of nitrogens with zero attached hydrogens (tertiary/aromatic N) is 3. The van der Waals surface area contributed by atoms with Crippen LogP contribution in [0.1, 0.15) is 21.9 Å². The summed E-state index contributed by atoms with van der Waals surface area (Å²) in [4.78, 5) is 19.8. The van der Waals surface area contributed by atoms with Gasteiger partial charge in [-0.25, -0.2) is 9.97 Å². The third-order valence-electron chi connectivity index (χ3n) is 2.18. The molecule has 7 nitrogen and oxygen atoms in total. The van der Waals surface area contributed by atoms with Gasteiger partial charge in [-0.15, -0.1) is 0 Å². The zero-order valence-corrected chi connectivity index (χ0v) is 9.27. The lowest BCUT2D eigenvalue weighted by Gasteiger charge is -2.04. The summed E-state index contributed by atoms with van der Waals surface area (Å²) in [6.45, 7) is 2.12. The molecule has 2 heterocycles. The van der Waals surface area contributed by atoms with Gasteiger partial charge in [0.15, 0.2) is 0 Å². The number of H-pyrrole nitrogens is 1. The second-order valence-corrected chi connectivity index (χ2v) is 3.48. The third-order valence-corrected chi connectivity index (χ3v) is 2.18. The van der Waals surface area contributed by atoms with Crippen molar-refractivity contribution in [2.24, 2.45) is 0 Å². The van der Waals surface area contributed by atoms with Crippen molar-refractivity contribution in [3.63, 3.8) is 0 Å². The molecule has 0 fully saturated rings. The lowest BCUT2D eigenvalue weighted by molar-refractivity contribution is 0.0951. The molecule has 17 heavy (non-hydrogen) atoms. The molecule has 88 valence electrons. The van der Waals surface area contributed by atoms with E-state index in [0.717, 1.165) is 5.69 Å². The zero-order chi connectivity index (χ0) is 12.3. The van der Waals surface area contributed by atoms with Crippen LogP contribution in [0.5, 0.6) is 0 Å². The summed E-state index contributed by atoms with van der Waals surface area (Å²) >= 11 is 0. The average molecular weight is 232 g/mol. The fraction of sp³-hybridized carbons (Fsp3) is 0.200. The molecule has 0 aliphatic rings. The van der Waals surface area contributed by atoms with Gasteiger partial charge in [-0.3, -0.25) is 9.89 Å². The Labute approximate surface area is 97.5 Å². The first kappa shape index (κ1) is 11.1. The van der Waals surface area contributed by atoms with Gasteiger partial charge in [-0.2, -0.15) is 5.10 Å². The molecule has 0 saturated carbocycles. The van der Waals surface area contributed by atoms with Gasteiger partial charge in [-0.1, -0.05) is 0 Å². The Bertz CT molecular complexity index is 535. The summed E-state index contributed by atoms with van der Waals surface area (Å²) < 4.78 is 0. The molecule has 0 unspecified atom stereocenters. The topological polar surface area (TPSA) is 110 Å². The lowest BCUT2D eigenvalue weighted by Crippen LogP contribution is -2.23. The number of nitrogens with two attached hydrogens (primary N) is 1. The molecule has 2 aromatic heterocycles. The van der Waals surface area contributed by atoms with E-state index in [1.54, 1.807) is 19.2 Å². The first-order valence-electron chi connectivity index (χ1n) is 5.02. The van der Waals surface area contributed by atoms with Crippen molar-refractivity contribution in [2.75, 3.05) is 5.73 Å². The number of hydrogen-bond donors (Lipinski definition) is 3. The van der Waals surface area contributed by atoms with Crippen LogP contribution >= 0.6 is 0 Å². The Morgan fingerprint density at radius 3 is 3.06 bits per heavy atom. The summed E-state index contributed by atoms with van der Waals surface area (Å²) in [7, 11) is 0. The number of carbonyl (C=O) groups excluding carboxylic acids is 1. The Kier molecular flexibility index (Phi) is 2.99. The number of anilines is 1. The van der Waals surface area contributed by atoms with E-state index < -0.39 is 0 Å². The molecule has 0 spiro atoms. The zero-order valence-electron chi connectivity index (χ0n) is 9.27. The largest absolute Gasteiger partial charge is 0.383 e. The van der Waals surface area contributed by atoms with Gasteiger partial charge in [0.1, 0.15) is 17.2 Å². The van der Waals surface area contributed by atoms with Gasteiger partial charge < -0.3 is 11.1 Å². The molecule has 0 atom stereocenters. The number of hydrogen-bond acceptors (Lipinski definition) is 5. The molecule has 0 aromatic carbocycles. The van der Waals surface area contributed by atoms with Gasteiger partial charge in [-0.05, 0) is 13.0 Å². The summed E-state index contributed by atoms with van der Waals surface area (Å²) in [5.41, 5.74) is 6.60. The van der Waals surface area contributed by atoms with Crippen LogP contribution in [0.4, 0.5) is 5.82 Å². The van der Waals surface area contributed by atoms with Crippen molar-refractivity contribution in [3.05, 3.63) is 35.5 Å². The number of rotatable bonds is 3. The molecule has 0 saturated heterocycles. The molecule has 0 radical (unpaired) electrons. The summed E-state index contributed by atoms with van der Waals surface area (Å²) in [5, 5.41) is 8.87. The van der Waals surface area contributed by atoms with Crippen molar-refractivity contribution >= 4 is 11.7 Å². The van der Waals surface area contributed by atoms with Crippen LogP contribution in [-0.4, -0.2) is 26.1 Å². The first-order chi connectivity index (χ1) is 8.16. The average Bonchev–Trinajstić information content (AvgIpc) is 2.72. The number of aromatic nitrogens is 4. The van der Waals surface area contributed by atoms with E-state index in [9.17, 15) is 4.79 Å². The van der Waals surface area contributed by atoms with E-state index in [-0.39, 0.29) is 11.7 Å². The van der Waals surface area contributed by atoms with E-state index in [2.05, 4.69) is 25.5 Å². The summed E-state index contributed by atoms with van der Waals surface area (Å²) in [5.74, 6) is 0.633. The first-order valence-corrected chi connectivity index (χ1v) is 5.02. The molecule has 2 rings (SSSR count). The highest BCUT2D eigenvalue weighted by Crippen LogP contribution is 2.05. The minimum Gasteiger partial charge on any atom is -0.383 e. The maximum absolute atomic E-state index is 11.7. The van der Waals surface area contributed by atoms with Gasteiger partial charge in [0.05, 0.1) is 18.4 Å². The Hall–Kier alpha value is -2.44. The van der Waals surface area contributed by atoms with Crippen molar-refractivity contribution in [2.45, 2.75) is 13.5 Å². The number of aromatic amines is 1. The van der Waals surface area contributed by atoms with Gasteiger partial charge in [0.2, 0.25) is 0 Å². The van der Waals surface area contributed by atoms with Gasteiger partial charge in [0, 0.05) is 6.20 Å². The number of aryl methyl sites for hydroxylation is 1. The molecule has 0 aliphatic heterocycles. The van der Waals surface area contributed by atoms with Crippen LogP contribution in [0.2, 0.25) is 0 Å². The maximum atomic E-state index is 11.7. The Morgan fingerprint density at radius 1 is 1.59 bits per heavy atom. The van der Waals surface area contributed by atoms with E-state index in [0.29, 0.717) is 17.9 Å². The molecule has 4 N–H and O–H groups in total. The summed E-state index contributed by atoms with van der Waals surface area (Å²) in [6.07, 6.45) is 3.03. The number of carbonyl (C=O) groups is 1. The molecule has 0 bridgehead atoms. The van der Waals surface area contributed by atoms with Gasteiger partial charge in [0.25, 0.3) is 5.91 Å². The molecular weight excluding hydrogens is 220 g/mol. The quantitative estimate of drug-likeness (QED) is 0.691. The monoisotopic (exact) mass is 232 g/mol. The maximum Gasteiger partial charge on any atom is 0.256 e. The highest BCUT2D eigenvalue weighted by Gasteiger charge is 2.11. The van der Waals surface area contributed by atoms with E-state index in [1.165, 1.54) is 6.20 Å². The molecule has 1 amide bonds. The lowest BCUT2D eigenvalue weighted by atomic mass is 10.3. The minimum atomic E-state index is -0.285. The predicted molar refractivity (Wildman–Crippen MR) is 60.9 cm³/mol. The SMILES string of the molecule is Cc1nccc(CNC(=O)c2cn[nH]c2N)n1. The Morgan fingerprint density at radius 2 is 2.41 bits per heavy atom. The highest BCUT2D eigenvalue weighted by molar-refractivity contribution is 5.97. The van der Waals surface area contributed by atoms with E-state index >= 15 is 0 Å². The van der Waals surface area contributed by atoms with Crippen LogP contribution in [0.15, 0.2) is 18.5 Å². The van der Waals surface area contributed by atoms with Crippen LogP contribution in [0.3, 0.4) is 0 Å². The molecule has 2 aromatic rings. The predicted octanol–water partition coefficient (Wildman–Crippen LogP) is 0.0203. The Balaban J connectivity index is 1.99. The second-order valence-electron chi connectivity index (χ2n) is 3.48. The number of nitrogen functional groups attached to an aromatic ring is 1. The number of nitrogens with one attached hydrogen (secondary N) is 2. The molecule has 0 aliphatic carbocycles. The summed E-state index contributed by atoms with van der Waals surface area (Å²) in [6, 6.07) is 1.74. The third kappa shape index (κ3) is 2.57. The van der Waals surface area contributed by atoms with Crippen LogP contribution in [0.25, 0.3) is 0 Å². The van der Waals surface area contributed by atoms with Crippen molar-refractivity contribution in [3.8, 4) is 0 Å². The van der Waals surface area contributed by atoms with Crippen LogP contribution in [0, 0.1) is 6.92 Å². The fourth-order valence-electron chi connectivity index (χ4n) is 1.35. The molecule has 7 heteroatoms. The van der Waals surface area contributed by atoms with Crippen molar-refractivity contribution in [1.82, 2.24) is 25.5 Å². The standard InChI is InChI=1S/C10H12N6O/c1-6-12-3-2-7(15-6)4-13-10(17)8-5-14-16-9(8)11/h2-3,5H,4H2,1H3,(H,13,17)(H3,11,14,16). The van der Waals surface area contributed by atoms with Crippen molar-refractivity contribution < 1.29 is 4.79 Å². The second kappa shape index (κ2) is 4.60.